The Balaban J connectivity index is 1.49. The first-order valence-electron chi connectivity index (χ1n) is 15.1. The molecule has 0 saturated heterocycles. The van der Waals surface area contributed by atoms with E-state index in [0.717, 1.165) is 44.4 Å². The zero-order valence-corrected chi connectivity index (χ0v) is 24.9. The number of aromatic nitrogens is 2. The Kier molecular flexibility index (Phi) is 5.59. The molecule has 5 aliphatic carbocycles. The number of hydrogen-bond acceptors (Lipinski definition) is 4. The third-order valence-corrected chi connectivity index (χ3v) is 13.8. The van der Waals surface area contributed by atoms with E-state index in [0.29, 0.717) is 23.7 Å². The fraction of sp³-hybridized carbons (Fsp3) is 0.788. The molecule has 0 bridgehead atoms. The summed E-state index contributed by atoms with van der Waals surface area (Å²) in [7, 11) is 1.73. The number of fused-ring (bicyclic) bond motifs is 8. The van der Waals surface area contributed by atoms with E-state index >= 15 is 0 Å². The molecule has 6 rings (SSSR count). The minimum Gasteiger partial charge on any atom is -0.481 e. The van der Waals surface area contributed by atoms with Gasteiger partial charge in [-0.05, 0) is 97.2 Å². The van der Waals surface area contributed by atoms with Crippen molar-refractivity contribution >= 4 is 5.97 Å². The van der Waals surface area contributed by atoms with Crippen LogP contribution in [-0.2, 0) is 16.6 Å². The van der Waals surface area contributed by atoms with Crippen molar-refractivity contribution in [1.82, 2.24) is 9.97 Å². The lowest BCUT2D eigenvalue weighted by Gasteiger charge is -2.70. The number of hydrogen-bond donors (Lipinski definition) is 1. The molecule has 5 aliphatic rings. The average molecular weight is 521 g/mol. The molecule has 0 spiro atoms. The lowest BCUT2D eigenvalue weighted by atomic mass is 9.33. The highest BCUT2D eigenvalue weighted by Crippen LogP contribution is 2.75. The van der Waals surface area contributed by atoms with Crippen LogP contribution in [-0.4, -0.2) is 28.2 Å². The van der Waals surface area contributed by atoms with E-state index < -0.39 is 11.4 Å². The summed E-state index contributed by atoms with van der Waals surface area (Å²) < 4.78 is 5.79. The lowest BCUT2D eigenvalue weighted by Crippen LogP contribution is -2.65. The van der Waals surface area contributed by atoms with Crippen molar-refractivity contribution < 1.29 is 14.6 Å². The van der Waals surface area contributed by atoms with Gasteiger partial charge in [-0.1, -0.05) is 60.1 Å². The normalized spacial score (nSPS) is 46.8. The van der Waals surface area contributed by atoms with Crippen molar-refractivity contribution in [2.24, 2.45) is 51.2 Å². The highest BCUT2D eigenvalue weighted by Gasteiger charge is 2.69. The third-order valence-electron chi connectivity index (χ3n) is 13.8. The first kappa shape index (κ1) is 26.3. The van der Waals surface area contributed by atoms with Crippen molar-refractivity contribution in [3.8, 4) is 5.88 Å². The fourth-order valence-electron chi connectivity index (χ4n) is 11.5. The van der Waals surface area contributed by atoms with Crippen LogP contribution >= 0.6 is 0 Å². The van der Waals surface area contributed by atoms with Crippen molar-refractivity contribution in [2.75, 3.05) is 7.11 Å². The van der Waals surface area contributed by atoms with Gasteiger partial charge in [-0.3, -0.25) is 4.79 Å². The van der Waals surface area contributed by atoms with Crippen LogP contribution < -0.4 is 4.74 Å². The van der Waals surface area contributed by atoms with Gasteiger partial charge in [0.2, 0.25) is 5.88 Å². The molecule has 1 aromatic heterocycles. The van der Waals surface area contributed by atoms with Crippen molar-refractivity contribution in [1.29, 1.82) is 0 Å². The van der Waals surface area contributed by atoms with Gasteiger partial charge in [0.15, 0.2) is 0 Å². The molecule has 5 nitrogen and oxygen atoms in total. The molecule has 9 atom stereocenters. The number of ether oxygens (including phenoxy) is 1. The molecule has 0 aromatic carbocycles. The monoisotopic (exact) mass is 520 g/mol. The molecule has 0 amide bonds. The Bertz CT molecular complexity index is 1210. The van der Waals surface area contributed by atoms with Gasteiger partial charge in [0.25, 0.3) is 0 Å². The van der Waals surface area contributed by atoms with Gasteiger partial charge in [0.05, 0.1) is 18.2 Å². The van der Waals surface area contributed by atoms with Crippen molar-refractivity contribution in [3.05, 3.63) is 29.2 Å². The zero-order chi connectivity index (χ0) is 27.5. The van der Waals surface area contributed by atoms with E-state index in [2.05, 4.69) is 59.5 Å². The van der Waals surface area contributed by atoms with Gasteiger partial charge >= 0.3 is 5.97 Å². The molecule has 38 heavy (non-hydrogen) atoms. The third kappa shape index (κ3) is 2.97. The maximum atomic E-state index is 12.9. The molecule has 5 heteroatoms. The highest BCUT2D eigenvalue weighted by atomic mass is 16.5. The Morgan fingerprint density at radius 3 is 2.42 bits per heavy atom. The summed E-state index contributed by atoms with van der Waals surface area (Å²) in [6.45, 7) is 17.1. The van der Waals surface area contributed by atoms with Crippen LogP contribution in [0.5, 0.6) is 5.88 Å². The van der Waals surface area contributed by atoms with Crippen LogP contribution in [0.3, 0.4) is 0 Å². The number of carbonyl (C=O) groups is 1. The maximum Gasteiger partial charge on any atom is 0.310 e. The predicted molar refractivity (Wildman–Crippen MR) is 149 cm³/mol. The molecule has 0 radical (unpaired) electrons. The second kappa shape index (κ2) is 8.07. The molecule has 0 aliphatic heterocycles. The molecule has 1 N–H and O–H groups in total. The number of carboxylic acids is 1. The van der Waals surface area contributed by atoms with Crippen LogP contribution in [0.2, 0.25) is 0 Å². The van der Waals surface area contributed by atoms with Crippen LogP contribution in [0.4, 0.5) is 0 Å². The molecule has 0 unspecified atom stereocenters. The highest BCUT2D eigenvalue weighted by molar-refractivity contribution is 5.76. The molecular weight excluding hydrogens is 472 g/mol. The molecule has 3 saturated carbocycles. The summed E-state index contributed by atoms with van der Waals surface area (Å²) in [5, 5.41) is 10.6. The predicted octanol–water partition coefficient (Wildman–Crippen LogP) is 7.24. The van der Waals surface area contributed by atoms with Gasteiger partial charge in [0, 0.05) is 11.0 Å². The summed E-state index contributed by atoms with van der Waals surface area (Å²) in [4.78, 5) is 22.3. The first-order valence-corrected chi connectivity index (χ1v) is 15.1. The number of methoxy groups -OCH3 is 1. The Morgan fingerprint density at radius 2 is 1.74 bits per heavy atom. The van der Waals surface area contributed by atoms with Crippen LogP contribution in [0, 0.1) is 51.2 Å². The van der Waals surface area contributed by atoms with Gasteiger partial charge in [-0.2, -0.15) is 0 Å². The van der Waals surface area contributed by atoms with Gasteiger partial charge in [0.1, 0.15) is 6.33 Å². The van der Waals surface area contributed by atoms with Crippen molar-refractivity contribution in [3.63, 3.8) is 0 Å². The SMILES string of the molecule is COc1ncnc2c1C[C@]1(C)[C@H]3CC=C4[C@@H]5[C@@H](C)[C@H](C)CC[C@]5(C(=O)O)CC[C@@]4(C)[C@]3(C)CC[C@H]1C2(C)C. The fourth-order valence-corrected chi connectivity index (χ4v) is 11.5. The summed E-state index contributed by atoms with van der Waals surface area (Å²) in [6.07, 6.45) is 12.3. The largest absolute Gasteiger partial charge is 0.481 e. The van der Waals surface area contributed by atoms with Crippen LogP contribution in [0.25, 0.3) is 0 Å². The number of carboxylic acid groups (broad SMARTS) is 1. The molecule has 1 heterocycles. The minimum atomic E-state index is -0.585. The number of rotatable bonds is 2. The second-order valence-corrected chi connectivity index (χ2v) is 15.2. The Labute approximate surface area is 229 Å². The van der Waals surface area contributed by atoms with Gasteiger partial charge in [-0.25, -0.2) is 9.97 Å². The van der Waals surface area contributed by atoms with Gasteiger partial charge in [-0.15, -0.1) is 0 Å². The topological polar surface area (TPSA) is 72.3 Å². The number of nitrogens with zero attached hydrogens (tertiary/aromatic N) is 2. The zero-order valence-electron chi connectivity index (χ0n) is 24.9. The first-order chi connectivity index (χ1) is 17.8. The van der Waals surface area contributed by atoms with E-state index in [1.165, 1.54) is 29.7 Å². The Hall–Kier alpha value is -1.91. The van der Waals surface area contributed by atoms with E-state index in [-0.39, 0.29) is 27.6 Å². The Morgan fingerprint density at radius 1 is 1.00 bits per heavy atom. The minimum absolute atomic E-state index is 0.0283. The summed E-state index contributed by atoms with van der Waals surface area (Å²) in [5.41, 5.74) is 3.49. The van der Waals surface area contributed by atoms with Crippen molar-refractivity contribution in [2.45, 2.75) is 105 Å². The standard InChI is InChI=1S/C33H48N2O3/c1-19-11-14-33(28(36)37)16-15-31(6)22(25(33)20(19)2)9-10-24-30(5)17-21-26(34-18-35-27(21)38-8)29(3,4)23(30)12-13-32(24,31)7/h9,18-20,23-25H,10-17H2,1-8H3,(H,36,37)/t19-,20+,23+,24-,25+,30+,31-,32-,33+/m1/s1. The van der Waals surface area contributed by atoms with Crippen LogP contribution in [0.15, 0.2) is 18.0 Å². The quantitative estimate of drug-likeness (QED) is 0.416. The molecule has 3 fully saturated rings. The number of aliphatic carboxylic acids is 1. The van der Waals surface area contributed by atoms with Crippen LogP contribution in [0.1, 0.15) is 105 Å². The smallest absolute Gasteiger partial charge is 0.310 e. The molecule has 1 aromatic rings. The molecule has 208 valence electrons. The summed E-state index contributed by atoms with van der Waals surface area (Å²) in [6, 6.07) is 0. The number of allylic oxidation sites excluding steroid dienone is 2. The summed E-state index contributed by atoms with van der Waals surface area (Å²) in [5.74, 6) is 2.37. The average Bonchev–Trinajstić information content (AvgIpc) is 2.86. The lowest BCUT2D eigenvalue weighted by molar-refractivity contribution is -0.179. The van der Waals surface area contributed by atoms with E-state index in [4.69, 9.17) is 9.72 Å². The van der Waals surface area contributed by atoms with Gasteiger partial charge < -0.3 is 9.84 Å². The van der Waals surface area contributed by atoms with E-state index in [1.807, 2.05) is 0 Å². The maximum absolute atomic E-state index is 12.9. The van der Waals surface area contributed by atoms with E-state index in [1.54, 1.807) is 13.4 Å². The second-order valence-electron chi connectivity index (χ2n) is 15.2. The van der Waals surface area contributed by atoms with E-state index in [9.17, 15) is 9.90 Å². The summed E-state index contributed by atoms with van der Waals surface area (Å²) >= 11 is 0. The molecular formula is C33H48N2O3.